The molecule has 6 heteroatoms. The van der Waals surface area contributed by atoms with Crippen LogP contribution in [0.2, 0.25) is 0 Å². The maximum Gasteiger partial charge on any atom is 0.276 e. The van der Waals surface area contributed by atoms with Gasteiger partial charge < -0.3 is 9.84 Å². The Morgan fingerprint density at radius 2 is 1.97 bits per heavy atom. The van der Waals surface area contributed by atoms with Gasteiger partial charge in [0.2, 0.25) is 5.82 Å². The second kappa shape index (κ2) is 10.1. The van der Waals surface area contributed by atoms with Gasteiger partial charge in [0.1, 0.15) is 11.5 Å². The van der Waals surface area contributed by atoms with Crippen molar-refractivity contribution in [2.24, 2.45) is 10.4 Å². The van der Waals surface area contributed by atoms with Crippen molar-refractivity contribution in [2.45, 2.75) is 78.7 Å². The first kappa shape index (κ1) is 24.1. The van der Waals surface area contributed by atoms with E-state index in [9.17, 15) is 4.79 Å². The molecule has 1 aromatic heterocycles. The Morgan fingerprint density at radius 1 is 1.21 bits per heavy atom. The van der Waals surface area contributed by atoms with E-state index < -0.39 is 0 Å². The SMILES string of the molecule is C=C(NCCC(=O)CCC)c1ccc(-c2noc(C3=NC(CC)C4=C3CCC(C)(C)C4)n2)cc1. The molecule has 2 aromatic rings. The molecule has 1 N–H and O–H groups in total. The van der Waals surface area contributed by atoms with Crippen LogP contribution < -0.4 is 5.32 Å². The lowest BCUT2D eigenvalue weighted by atomic mass is 9.72. The minimum Gasteiger partial charge on any atom is -0.385 e. The quantitative estimate of drug-likeness (QED) is 0.460. The van der Waals surface area contributed by atoms with Gasteiger partial charge in [0, 0.05) is 30.6 Å². The standard InChI is InChI=1S/C28H36N4O2/c1-6-8-21(33)14-16-29-18(3)19-9-11-20(12-10-19)26-31-27(34-32-26)25-22-13-15-28(4,5)17-23(22)24(7-2)30-25/h9-12,24,29H,3,6-8,13-17H2,1-2,4-5H3. The fourth-order valence-corrected chi connectivity index (χ4v) is 4.87. The van der Waals surface area contributed by atoms with Crippen LogP contribution in [-0.4, -0.2) is 34.2 Å². The van der Waals surface area contributed by atoms with Crippen molar-refractivity contribution in [1.29, 1.82) is 0 Å². The van der Waals surface area contributed by atoms with E-state index in [1.807, 2.05) is 31.2 Å². The molecule has 1 aliphatic heterocycles. The summed E-state index contributed by atoms with van der Waals surface area (Å²) in [5.74, 6) is 1.36. The lowest BCUT2D eigenvalue weighted by Crippen LogP contribution is -2.22. The molecule has 0 amide bonds. The Balaban J connectivity index is 1.44. The van der Waals surface area contributed by atoms with E-state index in [1.54, 1.807) is 0 Å². The molecule has 0 bridgehead atoms. The number of ketones is 1. The van der Waals surface area contributed by atoms with E-state index in [4.69, 9.17) is 14.5 Å². The molecule has 0 saturated carbocycles. The molecule has 1 aliphatic carbocycles. The molecule has 1 unspecified atom stereocenters. The number of benzene rings is 1. The van der Waals surface area contributed by atoms with Crippen LogP contribution in [-0.2, 0) is 4.79 Å². The average molecular weight is 461 g/mol. The highest BCUT2D eigenvalue weighted by Gasteiger charge is 2.37. The Labute approximate surface area is 202 Å². The van der Waals surface area contributed by atoms with Crippen LogP contribution in [0.3, 0.4) is 0 Å². The summed E-state index contributed by atoms with van der Waals surface area (Å²) in [5, 5.41) is 7.49. The molecule has 1 aromatic carbocycles. The van der Waals surface area contributed by atoms with Crippen molar-refractivity contribution in [3.63, 3.8) is 0 Å². The topological polar surface area (TPSA) is 80.4 Å². The highest BCUT2D eigenvalue weighted by molar-refractivity contribution is 6.12. The molecule has 180 valence electrons. The smallest absolute Gasteiger partial charge is 0.276 e. The number of nitrogens with one attached hydrogen (secondary N) is 1. The van der Waals surface area contributed by atoms with Gasteiger partial charge in [0.05, 0.1) is 6.04 Å². The fraction of sp³-hybridized carbons (Fsp3) is 0.500. The molecular weight excluding hydrogens is 424 g/mol. The largest absolute Gasteiger partial charge is 0.385 e. The predicted molar refractivity (Wildman–Crippen MR) is 137 cm³/mol. The van der Waals surface area contributed by atoms with Gasteiger partial charge in [-0.1, -0.05) is 63.7 Å². The summed E-state index contributed by atoms with van der Waals surface area (Å²) in [6.07, 6.45) is 6.29. The summed E-state index contributed by atoms with van der Waals surface area (Å²) in [7, 11) is 0. The van der Waals surface area contributed by atoms with Gasteiger partial charge in [0.15, 0.2) is 0 Å². The monoisotopic (exact) mass is 460 g/mol. The van der Waals surface area contributed by atoms with Gasteiger partial charge in [-0.15, -0.1) is 0 Å². The molecule has 1 atom stereocenters. The summed E-state index contributed by atoms with van der Waals surface area (Å²) in [6.45, 7) is 13.6. The van der Waals surface area contributed by atoms with Crippen LogP contribution >= 0.6 is 0 Å². The zero-order chi connectivity index (χ0) is 24.3. The van der Waals surface area contributed by atoms with E-state index in [0.29, 0.717) is 36.5 Å². The second-order valence-electron chi connectivity index (χ2n) is 10.2. The number of aliphatic imine (C=N–C) groups is 1. The second-order valence-corrected chi connectivity index (χ2v) is 10.2. The van der Waals surface area contributed by atoms with Gasteiger partial charge in [-0.2, -0.15) is 4.98 Å². The zero-order valence-electron chi connectivity index (χ0n) is 20.9. The van der Waals surface area contributed by atoms with Gasteiger partial charge >= 0.3 is 0 Å². The molecular formula is C28H36N4O2. The van der Waals surface area contributed by atoms with Crippen LogP contribution in [0.25, 0.3) is 17.1 Å². The Hall–Kier alpha value is -3.02. The third-order valence-electron chi connectivity index (χ3n) is 6.86. The lowest BCUT2D eigenvalue weighted by Gasteiger charge is -2.32. The van der Waals surface area contributed by atoms with Crippen LogP contribution in [0.15, 0.2) is 51.5 Å². The molecule has 0 saturated heterocycles. The van der Waals surface area contributed by atoms with Crippen molar-refractivity contribution in [2.75, 3.05) is 6.54 Å². The van der Waals surface area contributed by atoms with E-state index >= 15 is 0 Å². The minimum atomic E-state index is 0.231. The third kappa shape index (κ3) is 5.21. The molecule has 6 nitrogen and oxygen atoms in total. The van der Waals surface area contributed by atoms with Crippen molar-refractivity contribution in [1.82, 2.24) is 15.5 Å². The summed E-state index contributed by atoms with van der Waals surface area (Å²) in [5.41, 5.74) is 6.65. The lowest BCUT2D eigenvalue weighted by molar-refractivity contribution is -0.118. The van der Waals surface area contributed by atoms with E-state index in [0.717, 1.165) is 54.6 Å². The molecule has 2 heterocycles. The number of carbonyl (C=O) groups excluding carboxylic acids is 1. The summed E-state index contributed by atoms with van der Waals surface area (Å²) >= 11 is 0. The Bertz CT molecular complexity index is 1120. The van der Waals surface area contributed by atoms with Crippen molar-refractivity contribution in [3.8, 4) is 11.4 Å². The normalized spacial score (nSPS) is 19.1. The molecule has 2 aliphatic rings. The van der Waals surface area contributed by atoms with Crippen molar-refractivity contribution in [3.05, 3.63) is 53.4 Å². The number of hydrogen-bond acceptors (Lipinski definition) is 6. The van der Waals surface area contributed by atoms with Gasteiger partial charge in [-0.05, 0) is 54.2 Å². The van der Waals surface area contributed by atoms with Gasteiger partial charge in [-0.3, -0.25) is 9.79 Å². The van der Waals surface area contributed by atoms with Gasteiger partial charge in [-0.25, -0.2) is 0 Å². The zero-order valence-corrected chi connectivity index (χ0v) is 20.9. The number of aromatic nitrogens is 2. The fourth-order valence-electron chi connectivity index (χ4n) is 4.87. The highest BCUT2D eigenvalue weighted by atomic mass is 16.5. The number of hydrogen-bond donors (Lipinski definition) is 1. The molecule has 0 fully saturated rings. The Kier molecular flexibility index (Phi) is 7.15. The maximum absolute atomic E-state index is 11.7. The molecule has 34 heavy (non-hydrogen) atoms. The number of allylic oxidation sites excluding steroid dienone is 1. The van der Waals surface area contributed by atoms with Crippen LogP contribution in [0.1, 0.15) is 84.1 Å². The van der Waals surface area contributed by atoms with E-state index in [2.05, 4.69) is 37.8 Å². The van der Waals surface area contributed by atoms with Crippen molar-refractivity contribution >= 4 is 17.2 Å². The first-order chi connectivity index (χ1) is 16.3. The average Bonchev–Trinajstić information content (AvgIpc) is 3.43. The highest BCUT2D eigenvalue weighted by Crippen LogP contribution is 2.45. The number of rotatable bonds is 10. The molecule has 0 radical (unpaired) electrons. The maximum atomic E-state index is 11.7. The van der Waals surface area contributed by atoms with E-state index in [-0.39, 0.29) is 11.8 Å². The summed E-state index contributed by atoms with van der Waals surface area (Å²) < 4.78 is 5.68. The van der Waals surface area contributed by atoms with Gasteiger partial charge in [0.25, 0.3) is 5.89 Å². The number of carbonyl (C=O) groups is 1. The Morgan fingerprint density at radius 3 is 2.68 bits per heavy atom. The van der Waals surface area contributed by atoms with Crippen molar-refractivity contribution < 1.29 is 9.32 Å². The first-order valence-corrected chi connectivity index (χ1v) is 12.5. The summed E-state index contributed by atoms with van der Waals surface area (Å²) in [4.78, 5) is 21.4. The minimum absolute atomic E-state index is 0.231. The van der Waals surface area contributed by atoms with Crippen LogP contribution in [0.5, 0.6) is 0 Å². The predicted octanol–water partition coefficient (Wildman–Crippen LogP) is 6.14. The third-order valence-corrected chi connectivity index (χ3v) is 6.86. The van der Waals surface area contributed by atoms with Crippen LogP contribution in [0.4, 0.5) is 0 Å². The van der Waals surface area contributed by atoms with Crippen LogP contribution in [0, 0.1) is 5.41 Å². The number of Topliss-reactive ketones (excluding diaryl/α,β-unsaturated/α-hetero) is 1. The summed E-state index contributed by atoms with van der Waals surface area (Å²) in [6, 6.07) is 8.14. The molecule has 4 rings (SSSR count). The number of nitrogens with zero attached hydrogens (tertiary/aromatic N) is 3. The van der Waals surface area contributed by atoms with E-state index in [1.165, 1.54) is 11.1 Å². The first-order valence-electron chi connectivity index (χ1n) is 12.5. The molecule has 0 spiro atoms.